The Morgan fingerprint density at radius 2 is 1.59 bits per heavy atom. The lowest BCUT2D eigenvalue weighted by Crippen LogP contribution is -2.46. The van der Waals surface area contributed by atoms with Crippen molar-refractivity contribution < 1.29 is 18.0 Å². The summed E-state index contributed by atoms with van der Waals surface area (Å²) in [4.78, 5) is 25.0. The van der Waals surface area contributed by atoms with Crippen LogP contribution < -0.4 is 15.1 Å². The first kappa shape index (κ1) is 21.9. The number of amides is 1. The van der Waals surface area contributed by atoms with E-state index in [0.717, 1.165) is 49.8 Å². The molecule has 0 aliphatic carbocycles. The Balaban J connectivity index is 1.30. The number of hydrogen-bond acceptors (Lipinski definition) is 6. The lowest BCUT2D eigenvalue weighted by Gasteiger charge is -2.36. The summed E-state index contributed by atoms with van der Waals surface area (Å²) in [5.74, 6) is -1.44. The van der Waals surface area contributed by atoms with E-state index in [2.05, 4.69) is 25.1 Å². The second-order valence-electron chi connectivity index (χ2n) is 7.13. The monoisotopic (exact) mass is 459 g/mol. The first-order valence-corrected chi connectivity index (χ1v) is 10.9. The Bertz CT molecular complexity index is 1090. The highest BCUT2D eigenvalue weighted by molar-refractivity contribution is 7.99. The van der Waals surface area contributed by atoms with Gasteiger partial charge in [-0.2, -0.15) is 0 Å². The second-order valence-corrected chi connectivity index (χ2v) is 8.12. The maximum absolute atomic E-state index is 13.7. The van der Waals surface area contributed by atoms with Crippen LogP contribution in [0.3, 0.4) is 0 Å². The number of anilines is 3. The van der Waals surface area contributed by atoms with Gasteiger partial charge in [-0.1, -0.05) is 11.8 Å². The Morgan fingerprint density at radius 3 is 2.31 bits per heavy atom. The Morgan fingerprint density at radius 1 is 0.906 bits per heavy atom. The van der Waals surface area contributed by atoms with Crippen LogP contribution in [0.15, 0.2) is 59.9 Å². The average molecular weight is 459 g/mol. The van der Waals surface area contributed by atoms with Gasteiger partial charge in [0.15, 0.2) is 0 Å². The standard InChI is InChI=1S/C22H20F3N5OS/c23-15-1-4-17(5-2-15)29-7-9-30(10-8-29)20-12-22(27-14-26-20)32-13-21(31)28-19-6-3-16(24)11-18(19)25/h1-6,11-12,14H,7-10,13H2,(H,28,31). The summed E-state index contributed by atoms with van der Waals surface area (Å²) in [6, 6.07) is 11.2. The van der Waals surface area contributed by atoms with E-state index in [1.165, 1.54) is 36.3 Å². The van der Waals surface area contributed by atoms with Crippen molar-refractivity contribution in [3.63, 3.8) is 0 Å². The van der Waals surface area contributed by atoms with Gasteiger partial charge in [0.1, 0.15) is 34.6 Å². The van der Waals surface area contributed by atoms with E-state index in [1.807, 2.05) is 6.07 Å². The summed E-state index contributed by atoms with van der Waals surface area (Å²) < 4.78 is 39.8. The maximum Gasteiger partial charge on any atom is 0.234 e. The third-order valence-electron chi connectivity index (χ3n) is 4.98. The van der Waals surface area contributed by atoms with Gasteiger partial charge in [-0.25, -0.2) is 23.1 Å². The third-order valence-corrected chi connectivity index (χ3v) is 5.90. The van der Waals surface area contributed by atoms with Crippen LogP contribution in [0.25, 0.3) is 0 Å². The van der Waals surface area contributed by atoms with Gasteiger partial charge >= 0.3 is 0 Å². The minimum absolute atomic E-state index is 0.0195. The van der Waals surface area contributed by atoms with E-state index in [1.54, 1.807) is 12.1 Å². The molecule has 1 fully saturated rings. The van der Waals surface area contributed by atoms with Gasteiger partial charge in [0.2, 0.25) is 5.91 Å². The topological polar surface area (TPSA) is 61.4 Å². The van der Waals surface area contributed by atoms with Crippen molar-refractivity contribution >= 4 is 34.9 Å². The summed E-state index contributed by atoms with van der Waals surface area (Å²) in [5.41, 5.74) is 0.910. The zero-order valence-corrected chi connectivity index (χ0v) is 17.8. The largest absolute Gasteiger partial charge is 0.368 e. The fourth-order valence-electron chi connectivity index (χ4n) is 3.34. The fraction of sp³-hybridized carbons (Fsp3) is 0.227. The maximum atomic E-state index is 13.7. The number of hydrogen-bond donors (Lipinski definition) is 1. The summed E-state index contributed by atoms with van der Waals surface area (Å²) in [5, 5.41) is 3.04. The van der Waals surface area contributed by atoms with E-state index < -0.39 is 17.5 Å². The second kappa shape index (κ2) is 9.90. The van der Waals surface area contributed by atoms with Gasteiger partial charge in [0.05, 0.1) is 11.4 Å². The predicted molar refractivity (Wildman–Crippen MR) is 119 cm³/mol. The molecule has 2 heterocycles. The highest BCUT2D eigenvalue weighted by atomic mass is 32.2. The molecule has 32 heavy (non-hydrogen) atoms. The molecule has 1 amide bonds. The number of carbonyl (C=O) groups excluding carboxylic acids is 1. The SMILES string of the molecule is O=C(CSc1cc(N2CCN(c3ccc(F)cc3)CC2)ncn1)Nc1ccc(F)cc1F. The molecule has 0 bridgehead atoms. The van der Waals surface area contributed by atoms with Crippen LogP contribution in [0, 0.1) is 17.5 Å². The van der Waals surface area contributed by atoms with Crippen molar-refractivity contribution in [1.82, 2.24) is 9.97 Å². The van der Waals surface area contributed by atoms with Crippen LogP contribution in [-0.4, -0.2) is 47.8 Å². The molecule has 0 spiro atoms. The van der Waals surface area contributed by atoms with Gasteiger partial charge in [0.25, 0.3) is 0 Å². The van der Waals surface area contributed by atoms with Gasteiger partial charge in [-0.05, 0) is 36.4 Å². The number of aromatic nitrogens is 2. The number of halogens is 3. The molecule has 10 heteroatoms. The molecule has 1 N–H and O–H groups in total. The number of thioether (sulfide) groups is 1. The normalized spacial score (nSPS) is 13.8. The minimum atomic E-state index is -0.826. The van der Waals surface area contributed by atoms with E-state index in [-0.39, 0.29) is 17.3 Å². The zero-order chi connectivity index (χ0) is 22.5. The van der Waals surface area contributed by atoms with Crippen molar-refractivity contribution in [3.05, 3.63) is 72.3 Å². The molecule has 166 valence electrons. The number of piperazine rings is 1. The first-order valence-electron chi connectivity index (χ1n) is 9.93. The van der Waals surface area contributed by atoms with Crippen molar-refractivity contribution in [3.8, 4) is 0 Å². The lowest BCUT2D eigenvalue weighted by molar-refractivity contribution is -0.113. The Kier molecular flexibility index (Phi) is 6.79. The van der Waals surface area contributed by atoms with E-state index >= 15 is 0 Å². The molecule has 1 aromatic heterocycles. The first-order chi connectivity index (χ1) is 15.5. The Labute approximate surface area is 187 Å². The molecule has 0 atom stereocenters. The van der Waals surface area contributed by atoms with Crippen molar-refractivity contribution in [2.75, 3.05) is 47.0 Å². The van der Waals surface area contributed by atoms with Crippen LogP contribution >= 0.6 is 11.8 Å². The number of benzene rings is 2. The van der Waals surface area contributed by atoms with Crippen LogP contribution in [-0.2, 0) is 4.79 Å². The molecule has 0 radical (unpaired) electrons. The summed E-state index contributed by atoms with van der Waals surface area (Å²) in [7, 11) is 0. The molecule has 2 aromatic carbocycles. The molecule has 1 aliphatic rings. The van der Waals surface area contributed by atoms with Crippen molar-refractivity contribution in [1.29, 1.82) is 0 Å². The van der Waals surface area contributed by atoms with E-state index in [9.17, 15) is 18.0 Å². The van der Waals surface area contributed by atoms with Crippen LogP contribution in [0.5, 0.6) is 0 Å². The molecule has 4 rings (SSSR count). The number of carbonyl (C=O) groups is 1. The predicted octanol–water partition coefficient (Wildman–Crippen LogP) is 3.95. The molecule has 0 saturated carbocycles. The van der Waals surface area contributed by atoms with Crippen LogP contribution in [0.1, 0.15) is 0 Å². The lowest BCUT2D eigenvalue weighted by atomic mass is 10.2. The highest BCUT2D eigenvalue weighted by Gasteiger charge is 2.19. The third kappa shape index (κ3) is 5.50. The molecular weight excluding hydrogens is 439 g/mol. The average Bonchev–Trinajstić information content (AvgIpc) is 2.80. The minimum Gasteiger partial charge on any atom is -0.368 e. The quantitative estimate of drug-likeness (QED) is 0.445. The van der Waals surface area contributed by atoms with Crippen molar-refractivity contribution in [2.45, 2.75) is 5.03 Å². The molecule has 3 aromatic rings. The number of nitrogens with zero attached hydrogens (tertiary/aromatic N) is 4. The Hall–Kier alpha value is -3.27. The van der Waals surface area contributed by atoms with Gasteiger partial charge in [-0.3, -0.25) is 4.79 Å². The highest BCUT2D eigenvalue weighted by Crippen LogP contribution is 2.23. The van der Waals surface area contributed by atoms with E-state index in [0.29, 0.717) is 5.03 Å². The zero-order valence-electron chi connectivity index (χ0n) is 17.0. The molecule has 1 saturated heterocycles. The number of nitrogens with one attached hydrogen (secondary N) is 1. The smallest absolute Gasteiger partial charge is 0.234 e. The molecule has 6 nitrogen and oxygen atoms in total. The molecule has 0 unspecified atom stereocenters. The number of rotatable bonds is 6. The van der Waals surface area contributed by atoms with Crippen LogP contribution in [0.4, 0.5) is 30.4 Å². The summed E-state index contributed by atoms with van der Waals surface area (Å²) in [6.07, 6.45) is 1.45. The van der Waals surface area contributed by atoms with Gasteiger partial charge in [-0.15, -0.1) is 0 Å². The van der Waals surface area contributed by atoms with Crippen LogP contribution in [0.2, 0.25) is 0 Å². The van der Waals surface area contributed by atoms with E-state index in [4.69, 9.17) is 0 Å². The van der Waals surface area contributed by atoms with Gasteiger partial charge < -0.3 is 15.1 Å². The van der Waals surface area contributed by atoms with Gasteiger partial charge in [0, 0.05) is 44.0 Å². The summed E-state index contributed by atoms with van der Waals surface area (Å²) >= 11 is 1.20. The fourth-order valence-corrected chi connectivity index (χ4v) is 4.01. The van der Waals surface area contributed by atoms with Crippen molar-refractivity contribution in [2.24, 2.45) is 0 Å². The molecular formula is C22H20F3N5OS. The summed E-state index contributed by atoms with van der Waals surface area (Å²) in [6.45, 7) is 3.01. The molecule has 1 aliphatic heterocycles.